The number of phenols is 1. The minimum Gasteiger partial charge on any atom is -0.507 e. The summed E-state index contributed by atoms with van der Waals surface area (Å²) >= 11 is 1.55. The van der Waals surface area contributed by atoms with Crippen LogP contribution in [0.5, 0.6) is 11.5 Å². The standard InChI is InChI=1S/C26H29N3O3S/c1-15-16(2)23-20(17(3)22(15)30)11-12-26(4,32-23)25(31)28-14-18-7-9-19(10-8-18)29-24(27)21-6-5-13-33-21/h5-10,13,30H,11-12,14H2,1-4H3,(H2,27,29)(H,28,31). The topological polar surface area (TPSA) is 96.9 Å². The molecule has 0 spiro atoms. The van der Waals surface area contributed by atoms with E-state index in [-0.39, 0.29) is 5.91 Å². The first-order valence-electron chi connectivity index (χ1n) is 11.0. The number of amidine groups is 1. The van der Waals surface area contributed by atoms with Gasteiger partial charge < -0.3 is 20.9 Å². The van der Waals surface area contributed by atoms with Crippen LogP contribution in [0.3, 0.4) is 0 Å². The van der Waals surface area contributed by atoms with Gasteiger partial charge in [-0.25, -0.2) is 4.99 Å². The molecule has 33 heavy (non-hydrogen) atoms. The smallest absolute Gasteiger partial charge is 0.264 e. The predicted molar refractivity (Wildman–Crippen MR) is 133 cm³/mol. The number of nitrogens with one attached hydrogen (secondary N) is 1. The van der Waals surface area contributed by atoms with E-state index >= 15 is 0 Å². The molecular weight excluding hydrogens is 434 g/mol. The Balaban J connectivity index is 1.43. The van der Waals surface area contributed by atoms with Crippen LogP contribution >= 0.6 is 11.3 Å². The molecule has 3 aromatic rings. The molecule has 0 radical (unpaired) electrons. The van der Waals surface area contributed by atoms with Gasteiger partial charge in [0.05, 0.1) is 10.6 Å². The fraction of sp³-hybridized carbons (Fsp3) is 0.308. The molecule has 1 amide bonds. The normalized spacial score (nSPS) is 17.9. The average Bonchev–Trinajstić information content (AvgIpc) is 3.36. The lowest BCUT2D eigenvalue weighted by atomic mass is 9.86. The second kappa shape index (κ2) is 8.90. The largest absolute Gasteiger partial charge is 0.507 e. The summed E-state index contributed by atoms with van der Waals surface area (Å²) in [5.41, 5.74) is 10.3. The highest BCUT2D eigenvalue weighted by molar-refractivity contribution is 7.12. The van der Waals surface area contributed by atoms with Gasteiger partial charge in [-0.2, -0.15) is 0 Å². The summed E-state index contributed by atoms with van der Waals surface area (Å²) in [6.07, 6.45) is 1.22. The van der Waals surface area contributed by atoms with E-state index < -0.39 is 5.60 Å². The summed E-state index contributed by atoms with van der Waals surface area (Å²) in [6.45, 7) is 7.91. The lowest BCUT2D eigenvalue weighted by Gasteiger charge is -2.36. The van der Waals surface area contributed by atoms with Gasteiger partial charge in [-0.15, -0.1) is 11.3 Å². The maximum absolute atomic E-state index is 13.1. The fourth-order valence-corrected chi connectivity index (χ4v) is 4.71. The monoisotopic (exact) mass is 463 g/mol. The number of carbonyl (C=O) groups is 1. The number of hydrogen-bond donors (Lipinski definition) is 3. The molecule has 7 heteroatoms. The van der Waals surface area contributed by atoms with E-state index in [1.165, 1.54) is 0 Å². The number of ether oxygens (including phenoxy) is 1. The number of thiophene rings is 1. The summed E-state index contributed by atoms with van der Waals surface area (Å²) in [4.78, 5) is 18.5. The Morgan fingerprint density at radius 2 is 1.91 bits per heavy atom. The van der Waals surface area contributed by atoms with Gasteiger partial charge in [-0.1, -0.05) is 18.2 Å². The number of nitrogens with zero attached hydrogens (tertiary/aromatic N) is 1. The number of amides is 1. The van der Waals surface area contributed by atoms with Crippen LogP contribution in [0.1, 0.15) is 46.0 Å². The second-order valence-corrected chi connectivity index (χ2v) is 9.64. The zero-order valence-electron chi connectivity index (χ0n) is 19.4. The lowest BCUT2D eigenvalue weighted by Crippen LogP contribution is -2.50. The number of hydrogen-bond acceptors (Lipinski definition) is 5. The number of nitrogens with two attached hydrogens (primary N) is 1. The van der Waals surface area contributed by atoms with E-state index in [4.69, 9.17) is 10.5 Å². The van der Waals surface area contributed by atoms with Gasteiger partial charge >= 0.3 is 0 Å². The Hall–Kier alpha value is -3.32. The van der Waals surface area contributed by atoms with Gasteiger partial charge in [0.25, 0.3) is 5.91 Å². The third kappa shape index (κ3) is 4.46. The van der Waals surface area contributed by atoms with Gasteiger partial charge in [-0.05, 0) is 79.9 Å². The van der Waals surface area contributed by atoms with Crippen molar-refractivity contribution in [1.29, 1.82) is 0 Å². The number of aromatic hydroxyl groups is 1. The van der Waals surface area contributed by atoms with Gasteiger partial charge in [0.1, 0.15) is 17.3 Å². The molecule has 4 rings (SSSR count). The summed E-state index contributed by atoms with van der Waals surface area (Å²) in [5.74, 6) is 1.37. The van der Waals surface area contributed by atoms with Crippen molar-refractivity contribution in [2.45, 2.75) is 52.7 Å². The highest BCUT2D eigenvalue weighted by atomic mass is 32.1. The first kappa shape index (κ1) is 22.9. The van der Waals surface area contributed by atoms with E-state index in [1.807, 2.05) is 69.5 Å². The van der Waals surface area contributed by atoms with Crippen LogP contribution in [-0.2, 0) is 17.8 Å². The molecule has 0 bridgehead atoms. The minimum absolute atomic E-state index is 0.153. The Morgan fingerprint density at radius 3 is 2.58 bits per heavy atom. The Bertz CT molecular complexity index is 1220. The second-order valence-electron chi connectivity index (χ2n) is 8.69. The number of fused-ring (bicyclic) bond motifs is 1. The Labute approximate surface area is 198 Å². The number of benzene rings is 2. The molecule has 0 saturated heterocycles. The van der Waals surface area contributed by atoms with Gasteiger partial charge in [0.15, 0.2) is 5.60 Å². The molecule has 1 aromatic heterocycles. The molecule has 1 unspecified atom stereocenters. The van der Waals surface area contributed by atoms with Crippen LogP contribution in [0.2, 0.25) is 0 Å². The molecule has 172 valence electrons. The minimum atomic E-state index is -0.965. The van der Waals surface area contributed by atoms with Crippen molar-refractivity contribution >= 4 is 28.8 Å². The van der Waals surface area contributed by atoms with Crippen LogP contribution in [0.15, 0.2) is 46.8 Å². The fourth-order valence-electron chi connectivity index (χ4n) is 4.08. The quantitative estimate of drug-likeness (QED) is 0.373. The molecule has 2 aromatic carbocycles. The van der Waals surface area contributed by atoms with E-state index in [0.29, 0.717) is 31.0 Å². The molecule has 4 N–H and O–H groups in total. The summed E-state index contributed by atoms with van der Waals surface area (Å²) < 4.78 is 6.26. The SMILES string of the molecule is Cc1c(C)c2c(c(C)c1O)CCC(C)(C(=O)NCc1ccc(N=C(N)c3cccs3)cc1)O2. The number of aliphatic imine (C=N–C) groups is 1. The molecule has 0 aliphatic carbocycles. The predicted octanol–water partition coefficient (Wildman–Crippen LogP) is 4.82. The summed E-state index contributed by atoms with van der Waals surface area (Å²) in [7, 11) is 0. The highest BCUT2D eigenvalue weighted by Gasteiger charge is 2.40. The van der Waals surface area contributed by atoms with Crippen LogP contribution in [0.25, 0.3) is 0 Å². The van der Waals surface area contributed by atoms with Crippen molar-refractivity contribution in [3.05, 3.63) is 74.5 Å². The Morgan fingerprint density at radius 1 is 1.18 bits per heavy atom. The van der Waals surface area contributed by atoms with Crippen LogP contribution in [-0.4, -0.2) is 22.5 Å². The molecule has 6 nitrogen and oxygen atoms in total. The zero-order valence-corrected chi connectivity index (χ0v) is 20.2. The van der Waals surface area contributed by atoms with Crippen molar-refractivity contribution in [3.63, 3.8) is 0 Å². The first-order chi connectivity index (χ1) is 15.7. The number of phenolic OH excluding ortho intramolecular Hbond substituents is 1. The first-order valence-corrected chi connectivity index (χ1v) is 11.8. The van der Waals surface area contributed by atoms with Crippen molar-refractivity contribution in [2.75, 3.05) is 0 Å². The van der Waals surface area contributed by atoms with Gasteiger partial charge in [0, 0.05) is 18.5 Å². The van der Waals surface area contributed by atoms with Gasteiger partial charge in [-0.3, -0.25) is 4.79 Å². The van der Waals surface area contributed by atoms with Crippen molar-refractivity contribution in [3.8, 4) is 11.5 Å². The molecule has 0 saturated carbocycles. The third-order valence-electron chi connectivity index (χ3n) is 6.41. The molecule has 0 fully saturated rings. The van der Waals surface area contributed by atoms with E-state index in [0.717, 1.165) is 44.1 Å². The van der Waals surface area contributed by atoms with Crippen LogP contribution in [0.4, 0.5) is 5.69 Å². The number of carbonyl (C=O) groups excluding carboxylic acids is 1. The average molecular weight is 464 g/mol. The van der Waals surface area contributed by atoms with Crippen molar-refractivity contribution in [1.82, 2.24) is 5.32 Å². The summed E-state index contributed by atoms with van der Waals surface area (Å²) in [5, 5.41) is 15.3. The van der Waals surface area contributed by atoms with Crippen molar-refractivity contribution < 1.29 is 14.6 Å². The lowest BCUT2D eigenvalue weighted by molar-refractivity contribution is -0.137. The van der Waals surface area contributed by atoms with Crippen LogP contribution < -0.4 is 15.8 Å². The third-order valence-corrected chi connectivity index (χ3v) is 7.30. The molecular formula is C26H29N3O3S. The molecule has 1 aliphatic heterocycles. The maximum atomic E-state index is 13.1. The molecule has 2 heterocycles. The Kier molecular flexibility index (Phi) is 6.17. The van der Waals surface area contributed by atoms with Gasteiger partial charge in [0.2, 0.25) is 0 Å². The highest BCUT2D eigenvalue weighted by Crippen LogP contribution is 2.43. The molecule has 1 aliphatic rings. The molecule has 1 atom stereocenters. The summed E-state index contributed by atoms with van der Waals surface area (Å²) in [6, 6.07) is 11.5. The van der Waals surface area contributed by atoms with Crippen molar-refractivity contribution in [2.24, 2.45) is 10.7 Å². The zero-order chi connectivity index (χ0) is 23.8. The maximum Gasteiger partial charge on any atom is 0.264 e. The number of rotatable bonds is 5. The van der Waals surface area contributed by atoms with Crippen LogP contribution in [0, 0.1) is 20.8 Å². The van der Waals surface area contributed by atoms with E-state index in [1.54, 1.807) is 11.3 Å². The van der Waals surface area contributed by atoms with E-state index in [9.17, 15) is 9.90 Å². The van der Waals surface area contributed by atoms with E-state index in [2.05, 4.69) is 10.3 Å².